The molecule has 1 unspecified atom stereocenters. The maximum Gasteiger partial charge on any atom is 0.227 e. The van der Waals surface area contributed by atoms with E-state index < -0.39 is 0 Å². The second-order valence-corrected chi connectivity index (χ2v) is 5.27. The number of nitrogens with two attached hydrogens (primary N) is 1. The molecular formula is C13H18BrN3O2. The standard InChI is InChI=1S/C13H18BrN3O2/c1-3-4-8(2)13(18)16-11-6-5-9(14)7-10(11)12(15)17-19/h5-8,19H,3-4H2,1-2H3,(H2,15,17)(H,16,18). The number of hydrogen-bond donors (Lipinski definition) is 3. The number of hydrogen-bond acceptors (Lipinski definition) is 3. The summed E-state index contributed by atoms with van der Waals surface area (Å²) in [6, 6.07) is 5.19. The van der Waals surface area contributed by atoms with Crippen molar-refractivity contribution in [1.82, 2.24) is 0 Å². The average molecular weight is 328 g/mol. The first-order valence-corrected chi connectivity index (χ1v) is 6.87. The molecule has 0 heterocycles. The number of amidine groups is 1. The van der Waals surface area contributed by atoms with E-state index in [1.165, 1.54) is 0 Å². The van der Waals surface area contributed by atoms with Gasteiger partial charge < -0.3 is 16.3 Å². The number of halogens is 1. The van der Waals surface area contributed by atoms with E-state index in [-0.39, 0.29) is 17.7 Å². The summed E-state index contributed by atoms with van der Waals surface area (Å²) in [6.07, 6.45) is 1.77. The van der Waals surface area contributed by atoms with Crippen LogP contribution in [0.5, 0.6) is 0 Å². The van der Waals surface area contributed by atoms with E-state index in [0.29, 0.717) is 11.3 Å². The van der Waals surface area contributed by atoms with Crippen LogP contribution < -0.4 is 11.1 Å². The number of amides is 1. The minimum atomic E-state index is -0.0752. The molecule has 0 fully saturated rings. The van der Waals surface area contributed by atoms with E-state index in [1.807, 2.05) is 13.8 Å². The number of benzene rings is 1. The van der Waals surface area contributed by atoms with Crippen molar-refractivity contribution in [3.8, 4) is 0 Å². The fourth-order valence-corrected chi connectivity index (χ4v) is 2.07. The van der Waals surface area contributed by atoms with Crippen LogP contribution in [0.2, 0.25) is 0 Å². The Balaban J connectivity index is 2.98. The van der Waals surface area contributed by atoms with E-state index in [1.54, 1.807) is 18.2 Å². The molecule has 0 aromatic heterocycles. The molecule has 1 atom stereocenters. The van der Waals surface area contributed by atoms with Crippen LogP contribution in [0.15, 0.2) is 27.8 Å². The molecule has 0 radical (unpaired) electrons. The van der Waals surface area contributed by atoms with Gasteiger partial charge in [-0.3, -0.25) is 4.79 Å². The van der Waals surface area contributed by atoms with Gasteiger partial charge in [-0.15, -0.1) is 0 Å². The van der Waals surface area contributed by atoms with Crippen LogP contribution in [0.25, 0.3) is 0 Å². The Hall–Kier alpha value is -1.56. The topological polar surface area (TPSA) is 87.7 Å². The zero-order valence-corrected chi connectivity index (χ0v) is 12.6. The number of nitrogens with zero attached hydrogens (tertiary/aromatic N) is 1. The van der Waals surface area contributed by atoms with Crippen LogP contribution in [0.1, 0.15) is 32.3 Å². The molecule has 104 valence electrons. The van der Waals surface area contributed by atoms with Crippen molar-refractivity contribution in [2.75, 3.05) is 5.32 Å². The minimum absolute atomic E-state index is 0.0419. The quantitative estimate of drug-likeness (QED) is 0.336. The molecule has 0 saturated carbocycles. The third-order valence-electron chi connectivity index (χ3n) is 2.79. The smallest absolute Gasteiger partial charge is 0.227 e. The van der Waals surface area contributed by atoms with Crippen LogP contribution in [-0.4, -0.2) is 17.0 Å². The Morgan fingerprint density at radius 2 is 2.26 bits per heavy atom. The molecule has 0 aliphatic carbocycles. The molecule has 6 heteroatoms. The summed E-state index contributed by atoms with van der Waals surface area (Å²) in [7, 11) is 0. The van der Waals surface area contributed by atoms with Gasteiger partial charge in [0.15, 0.2) is 5.84 Å². The highest BCUT2D eigenvalue weighted by atomic mass is 79.9. The van der Waals surface area contributed by atoms with E-state index in [0.717, 1.165) is 17.3 Å². The van der Waals surface area contributed by atoms with Crippen LogP contribution in [0.3, 0.4) is 0 Å². The molecule has 0 aliphatic rings. The maximum absolute atomic E-state index is 12.0. The number of carbonyl (C=O) groups excluding carboxylic acids is 1. The van der Waals surface area contributed by atoms with Gasteiger partial charge in [-0.05, 0) is 24.6 Å². The van der Waals surface area contributed by atoms with Crippen molar-refractivity contribution < 1.29 is 10.0 Å². The summed E-state index contributed by atoms with van der Waals surface area (Å²) < 4.78 is 0.786. The highest BCUT2D eigenvalue weighted by Gasteiger charge is 2.15. The van der Waals surface area contributed by atoms with Crippen molar-refractivity contribution in [2.45, 2.75) is 26.7 Å². The highest BCUT2D eigenvalue weighted by Crippen LogP contribution is 2.22. The van der Waals surface area contributed by atoms with Crippen LogP contribution in [-0.2, 0) is 4.79 Å². The Morgan fingerprint density at radius 1 is 1.58 bits per heavy atom. The van der Waals surface area contributed by atoms with Gasteiger partial charge in [0.2, 0.25) is 5.91 Å². The molecule has 0 aliphatic heterocycles. The SMILES string of the molecule is CCCC(C)C(=O)Nc1ccc(Br)cc1/C(N)=N/O. The molecule has 19 heavy (non-hydrogen) atoms. The molecule has 0 saturated heterocycles. The number of carbonyl (C=O) groups is 1. The summed E-state index contributed by atoms with van der Waals surface area (Å²) in [5.74, 6) is -0.190. The molecule has 1 amide bonds. The third-order valence-corrected chi connectivity index (χ3v) is 3.29. The van der Waals surface area contributed by atoms with Gasteiger partial charge in [0, 0.05) is 16.0 Å². The number of oxime groups is 1. The molecular weight excluding hydrogens is 310 g/mol. The molecule has 1 aromatic carbocycles. The van der Waals surface area contributed by atoms with E-state index in [2.05, 4.69) is 26.4 Å². The lowest BCUT2D eigenvalue weighted by Crippen LogP contribution is -2.23. The van der Waals surface area contributed by atoms with Gasteiger partial charge in [0.1, 0.15) is 0 Å². The van der Waals surface area contributed by atoms with Crippen molar-refractivity contribution >= 4 is 33.4 Å². The van der Waals surface area contributed by atoms with Gasteiger partial charge in [-0.1, -0.05) is 41.4 Å². The zero-order valence-electron chi connectivity index (χ0n) is 11.0. The molecule has 0 spiro atoms. The number of anilines is 1. The fraction of sp³-hybridized carbons (Fsp3) is 0.385. The summed E-state index contributed by atoms with van der Waals surface area (Å²) >= 11 is 3.31. The van der Waals surface area contributed by atoms with Gasteiger partial charge in [0.05, 0.1) is 5.69 Å². The summed E-state index contributed by atoms with van der Waals surface area (Å²) in [5, 5.41) is 14.5. The van der Waals surface area contributed by atoms with Crippen LogP contribution >= 0.6 is 15.9 Å². The summed E-state index contributed by atoms with van der Waals surface area (Å²) in [4.78, 5) is 12.0. The summed E-state index contributed by atoms with van der Waals surface area (Å²) in [5.41, 5.74) is 6.62. The minimum Gasteiger partial charge on any atom is -0.409 e. The van der Waals surface area contributed by atoms with Gasteiger partial charge in [-0.25, -0.2) is 0 Å². The lowest BCUT2D eigenvalue weighted by atomic mass is 10.0. The number of rotatable bonds is 5. The van der Waals surface area contributed by atoms with E-state index >= 15 is 0 Å². The Bertz CT molecular complexity index is 489. The van der Waals surface area contributed by atoms with E-state index in [4.69, 9.17) is 10.9 Å². The molecule has 1 rings (SSSR count). The normalized spacial score (nSPS) is 13.1. The predicted octanol–water partition coefficient (Wildman–Crippen LogP) is 2.92. The van der Waals surface area contributed by atoms with Gasteiger partial charge in [0.25, 0.3) is 0 Å². The monoisotopic (exact) mass is 327 g/mol. The molecule has 4 N–H and O–H groups in total. The highest BCUT2D eigenvalue weighted by molar-refractivity contribution is 9.10. The predicted molar refractivity (Wildman–Crippen MR) is 79.4 cm³/mol. The molecule has 0 bridgehead atoms. The first-order valence-electron chi connectivity index (χ1n) is 6.07. The van der Waals surface area contributed by atoms with Crippen LogP contribution in [0.4, 0.5) is 5.69 Å². The Labute approximate surface area is 121 Å². The maximum atomic E-state index is 12.0. The fourth-order valence-electron chi connectivity index (χ4n) is 1.71. The molecule has 5 nitrogen and oxygen atoms in total. The van der Waals surface area contributed by atoms with Crippen molar-refractivity contribution in [3.05, 3.63) is 28.2 Å². The van der Waals surface area contributed by atoms with Crippen molar-refractivity contribution in [3.63, 3.8) is 0 Å². The largest absolute Gasteiger partial charge is 0.409 e. The first kappa shape index (κ1) is 15.5. The lowest BCUT2D eigenvalue weighted by Gasteiger charge is -2.14. The van der Waals surface area contributed by atoms with Crippen LogP contribution in [0, 0.1) is 5.92 Å². The Kier molecular flexibility index (Phi) is 5.82. The summed E-state index contributed by atoms with van der Waals surface area (Å²) in [6.45, 7) is 3.91. The second kappa shape index (κ2) is 7.13. The van der Waals surface area contributed by atoms with Crippen molar-refractivity contribution in [1.29, 1.82) is 0 Å². The average Bonchev–Trinajstić information content (AvgIpc) is 2.40. The van der Waals surface area contributed by atoms with Gasteiger partial charge >= 0.3 is 0 Å². The van der Waals surface area contributed by atoms with E-state index in [9.17, 15) is 4.79 Å². The number of nitrogens with one attached hydrogen (secondary N) is 1. The Morgan fingerprint density at radius 3 is 2.84 bits per heavy atom. The van der Waals surface area contributed by atoms with Gasteiger partial charge in [-0.2, -0.15) is 0 Å². The first-order chi connectivity index (χ1) is 8.99. The van der Waals surface area contributed by atoms with Crippen molar-refractivity contribution in [2.24, 2.45) is 16.8 Å². The molecule has 1 aromatic rings. The third kappa shape index (κ3) is 4.24. The second-order valence-electron chi connectivity index (χ2n) is 4.35. The lowest BCUT2D eigenvalue weighted by molar-refractivity contribution is -0.119. The zero-order chi connectivity index (χ0) is 14.4.